The maximum Gasteiger partial charge on any atom is 0.226 e. The van der Waals surface area contributed by atoms with E-state index in [-0.39, 0.29) is 5.84 Å². The molecule has 2 rings (SSSR count). The molecule has 0 radical (unpaired) electrons. The number of oxime groups is 1. The molecule has 1 saturated heterocycles. The molecule has 0 atom stereocenters. The molecule has 3 N–H and O–H groups in total. The minimum atomic E-state index is 0.0220. The van der Waals surface area contributed by atoms with Gasteiger partial charge in [-0.05, 0) is 32.3 Å². The SMILES string of the molecule is Cc1cc(/C(N)=N/O)nc(N2CCCCC2)n1. The van der Waals surface area contributed by atoms with Crippen molar-refractivity contribution in [2.75, 3.05) is 18.0 Å². The van der Waals surface area contributed by atoms with E-state index in [1.165, 1.54) is 6.42 Å². The second kappa shape index (κ2) is 4.99. The van der Waals surface area contributed by atoms with Crippen molar-refractivity contribution in [3.05, 3.63) is 17.5 Å². The number of nitrogens with zero attached hydrogens (tertiary/aromatic N) is 4. The van der Waals surface area contributed by atoms with Crippen LogP contribution in [-0.2, 0) is 0 Å². The summed E-state index contributed by atoms with van der Waals surface area (Å²) in [6, 6.07) is 1.71. The standard InChI is InChI=1S/C11H17N5O/c1-8-7-9(10(12)15-17)14-11(13-8)16-5-3-2-4-6-16/h7,17H,2-6H2,1H3,(H2,12,15). The van der Waals surface area contributed by atoms with Gasteiger partial charge in [-0.3, -0.25) is 0 Å². The normalized spacial score (nSPS) is 17.2. The largest absolute Gasteiger partial charge is 0.409 e. The zero-order valence-corrected chi connectivity index (χ0v) is 9.93. The summed E-state index contributed by atoms with van der Waals surface area (Å²) in [5, 5.41) is 11.6. The van der Waals surface area contributed by atoms with Gasteiger partial charge in [-0.2, -0.15) is 0 Å². The van der Waals surface area contributed by atoms with Gasteiger partial charge >= 0.3 is 0 Å². The number of rotatable bonds is 2. The minimum absolute atomic E-state index is 0.0220. The summed E-state index contributed by atoms with van der Waals surface area (Å²) in [5.74, 6) is 0.694. The summed E-state index contributed by atoms with van der Waals surface area (Å²) in [5.41, 5.74) is 6.85. The first-order valence-corrected chi connectivity index (χ1v) is 5.79. The molecule has 1 fully saturated rings. The molecular weight excluding hydrogens is 218 g/mol. The first kappa shape index (κ1) is 11.6. The van der Waals surface area contributed by atoms with E-state index < -0.39 is 0 Å². The second-order valence-electron chi connectivity index (χ2n) is 4.23. The highest BCUT2D eigenvalue weighted by Crippen LogP contribution is 2.16. The third kappa shape index (κ3) is 2.64. The van der Waals surface area contributed by atoms with E-state index >= 15 is 0 Å². The fourth-order valence-corrected chi connectivity index (χ4v) is 1.97. The lowest BCUT2D eigenvalue weighted by Gasteiger charge is -2.27. The smallest absolute Gasteiger partial charge is 0.226 e. The molecule has 1 aliphatic heterocycles. The third-order valence-electron chi connectivity index (χ3n) is 2.85. The Balaban J connectivity index is 2.30. The molecule has 1 aromatic rings. The van der Waals surface area contributed by atoms with Crippen LogP contribution in [0.3, 0.4) is 0 Å². The number of amidine groups is 1. The van der Waals surface area contributed by atoms with Crippen LogP contribution in [0.25, 0.3) is 0 Å². The molecule has 6 heteroatoms. The van der Waals surface area contributed by atoms with Crippen LogP contribution in [0, 0.1) is 6.92 Å². The Morgan fingerprint density at radius 2 is 2.06 bits per heavy atom. The molecule has 0 saturated carbocycles. The second-order valence-corrected chi connectivity index (χ2v) is 4.23. The molecule has 1 aliphatic rings. The van der Waals surface area contributed by atoms with Gasteiger partial charge in [-0.25, -0.2) is 9.97 Å². The number of hydrogen-bond acceptors (Lipinski definition) is 5. The average molecular weight is 235 g/mol. The van der Waals surface area contributed by atoms with Crippen molar-refractivity contribution in [2.24, 2.45) is 10.9 Å². The summed E-state index contributed by atoms with van der Waals surface area (Å²) in [4.78, 5) is 10.9. The molecule has 0 bridgehead atoms. The monoisotopic (exact) mass is 235 g/mol. The van der Waals surface area contributed by atoms with Crippen LogP contribution < -0.4 is 10.6 Å². The Bertz CT molecular complexity index is 426. The molecule has 1 aromatic heterocycles. The topological polar surface area (TPSA) is 87.6 Å². The molecule has 0 aromatic carbocycles. The lowest BCUT2D eigenvalue weighted by molar-refractivity contribution is 0.318. The van der Waals surface area contributed by atoms with Gasteiger partial charge in [-0.1, -0.05) is 5.16 Å². The number of piperidine rings is 1. The highest BCUT2D eigenvalue weighted by molar-refractivity contribution is 5.95. The van der Waals surface area contributed by atoms with Crippen molar-refractivity contribution in [3.63, 3.8) is 0 Å². The summed E-state index contributed by atoms with van der Waals surface area (Å²) in [6.45, 7) is 3.82. The molecule has 2 heterocycles. The minimum Gasteiger partial charge on any atom is -0.409 e. The van der Waals surface area contributed by atoms with E-state index in [1.807, 2.05) is 6.92 Å². The number of hydrogen-bond donors (Lipinski definition) is 2. The number of aromatic nitrogens is 2. The van der Waals surface area contributed by atoms with Gasteiger partial charge in [0.1, 0.15) is 5.69 Å². The van der Waals surface area contributed by atoms with Gasteiger partial charge in [-0.15, -0.1) is 0 Å². The Morgan fingerprint density at radius 1 is 1.35 bits per heavy atom. The molecule has 92 valence electrons. The summed E-state index contributed by atoms with van der Waals surface area (Å²) < 4.78 is 0. The Labute approximate surface area is 100 Å². The molecule has 0 aliphatic carbocycles. The number of nitrogens with two attached hydrogens (primary N) is 1. The van der Waals surface area contributed by atoms with Crippen molar-refractivity contribution < 1.29 is 5.21 Å². The summed E-state index contributed by atoms with van der Waals surface area (Å²) in [7, 11) is 0. The van der Waals surface area contributed by atoms with Crippen molar-refractivity contribution in [1.82, 2.24) is 9.97 Å². The van der Waals surface area contributed by atoms with Crippen LogP contribution in [0.15, 0.2) is 11.2 Å². The number of anilines is 1. The van der Waals surface area contributed by atoms with Crippen molar-refractivity contribution in [3.8, 4) is 0 Å². The molecule has 0 amide bonds. The first-order chi connectivity index (χ1) is 8.20. The fraction of sp³-hybridized carbons (Fsp3) is 0.545. The first-order valence-electron chi connectivity index (χ1n) is 5.79. The van der Waals surface area contributed by atoms with E-state index in [2.05, 4.69) is 20.0 Å². The fourth-order valence-electron chi connectivity index (χ4n) is 1.97. The van der Waals surface area contributed by atoms with Gasteiger partial charge in [0.05, 0.1) is 0 Å². The summed E-state index contributed by atoms with van der Waals surface area (Å²) in [6.07, 6.45) is 3.59. The Kier molecular flexibility index (Phi) is 3.41. The molecule has 0 unspecified atom stereocenters. The molecule has 0 spiro atoms. The molecule has 6 nitrogen and oxygen atoms in total. The van der Waals surface area contributed by atoms with Crippen LogP contribution in [0.4, 0.5) is 5.95 Å². The third-order valence-corrected chi connectivity index (χ3v) is 2.85. The van der Waals surface area contributed by atoms with Gasteiger partial charge < -0.3 is 15.8 Å². The van der Waals surface area contributed by atoms with E-state index in [1.54, 1.807) is 6.07 Å². The highest BCUT2D eigenvalue weighted by Gasteiger charge is 2.15. The highest BCUT2D eigenvalue weighted by atomic mass is 16.4. The van der Waals surface area contributed by atoms with Crippen molar-refractivity contribution >= 4 is 11.8 Å². The van der Waals surface area contributed by atoms with Crippen molar-refractivity contribution in [1.29, 1.82) is 0 Å². The summed E-state index contributed by atoms with van der Waals surface area (Å²) >= 11 is 0. The van der Waals surface area contributed by atoms with Crippen LogP contribution in [0.1, 0.15) is 30.7 Å². The quantitative estimate of drug-likeness (QED) is 0.344. The van der Waals surface area contributed by atoms with Gasteiger partial charge in [0.2, 0.25) is 5.95 Å². The van der Waals surface area contributed by atoms with Crippen LogP contribution in [0.2, 0.25) is 0 Å². The predicted molar refractivity (Wildman–Crippen MR) is 65.3 cm³/mol. The predicted octanol–water partition coefficient (Wildman–Crippen LogP) is 0.870. The maximum absolute atomic E-state index is 8.67. The number of aryl methyl sites for hydroxylation is 1. The zero-order valence-electron chi connectivity index (χ0n) is 9.93. The maximum atomic E-state index is 8.67. The average Bonchev–Trinajstić information content (AvgIpc) is 2.38. The van der Waals surface area contributed by atoms with E-state index in [0.29, 0.717) is 11.6 Å². The lowest BCUT2D eigenvalue weighted by Crippen LogP contribution is -2.32. The van der Waals surface area contributed by atoms with E-state index in [4.69, 9.17) is 10.9 Å². The van der Waals surface area contributed by atoms with Crippen LogP contribution in [-0.4, -0.2) is 34.1 Å². The van der Waals surface area contributed by atoms with Gasteiger partial charge in [0, 0.05) is 18.8 Å². The van der Waals surface area contributed by atoms with E-state index in [9.17, 15) is 0 Å². The van der Waals surface area contributed by atoms with Crippen LogP contribution in [0.5, 0.6) is 0 Å². The van der Waals surface area contributed by atoms with Crippen LogP contribution >= 0.6 is 0 Å². The van der Waals surface area contributed by atoms with Crippen molar-refractivity contribution in [2.45, 2.75) is 26.2 Å². The Morgan fingerprint density at radius 3 is 2.71 bits per heavy atom. The lowest BCUT2D eigenvalue weighted by atomic mass is 10.1. The molecular formula is C11H17N5O. The molecule has 17 heavy (non-hydrogen) atoms. The zero-order chi connectivity index (χ0) is 12.3. The van der Waals surface area contributed by atoms with Gasteiger partial charge in [0.25, 0.3) is 0 Å². The van der Waals surface area contributed by atoms with E-state index in [0.717, 1.165) is 31.6 Å². The Hall–Kier alpha value is -1.85. The van der Waals surface area contributed by atoms with Gasteiger partial charge in [0.15, 0.2) is 5.84 Å².